The van der Waals surface area contributed by atoms with Crippen molar-refractivity contribution in [3.05, 3.63) is 34.7 Å². The third kappa shape index (κ3) is 3.54. The summed E-state index contributed by atoms with van der Waals surface area (Å²) in [6.45, 7) is -0.0890. The van der Waals surface area contributed by atoms with E-state index in [1.165, 1.54) is 41.6 Å². The lowest BCUT2D eigenvalue weighted by atomic mass is 10.2. The summed E-state index contributed by atoms with van der Waals surface area (Å²) >= 11 is 1.54. The monoisotopic (exact) mass is 319 g/mol. The Bertz CT molecular complexity index is 640. The SMILES string of the molecule is O=C(CNC(=O)c1ccoc1)Nc1nc2c(s1)CCCCC2. The number of hydrogen-bond donors (Lipinski definition) is 2. The molecule has 0 fully saturated rings. The van der Waals surface area contributed by atoms with Crippen molar-refractivity contribution in [2.45, 2.75) is 32.1 Å². The molecule has 1 aliphatic carbocycles. The van der Waals surface area contributed by atoms with E-state index in [2.05, 4.69) is 15.6 Å². The number of rotatable bonds is 4. The van der Waals surface area contributed by atoms with Gasteiger partial charge in [0.25, 0.3) is 5.91 Å². The molecule has 116 valence electrons. The zero-order valence-corrected chi connectivity index (χ0v) is 12.9. The van der Waals surface area contributed by atoms with Gasteiger partial charge in [0.1, 0.15) is 6.26 Å². The molecule has 2 amide bonds. The Morgan fingerprint density at radius 2 is 2.14 bits per heavy atom. The molecule has 2 heterocycles. The van der Waals surface area contributed by atoms with Gasteiger partial charge in [-0.3, -0.25) is 9.59 Å². The van der Waals surface area contributed by atoms with E-state index in [1.807, 2.05) is 0 Å². The fourth-order valence-electron chi connectivity index (χ4n) is 2.40. The second-order valence-electron chi connectivity index (χ2n) is 5.19. The fourth-order valence-corrected chi connectivity index (χ4v) is 3.47. The molecule has 0 bridgehead atoms. The summed E-state index contributed by atoms with van der Waals surface area (Å²) in [5.41, 5.74) is 1.51. The highest BCUT2D eigenvalue weighted by atomic mass is 32.1. The van der Waals surface area contributed by atoms with Crippen LogP contribution in [0.1, 0.15) is 40.2 Å². The van der Waals surface area contributed by atoms with Crippen LogP contribution in [0.4, 0.5) is 5.13 Å². The van der Waals surface area contributed by atoms with Gasteiger partial charge in [0.05, 0.1) is 24.1 Å². The maximum Gasteiger partial charge on any atom is 0.254 e. The molecule has 2 aromatic rings. The molecule has 0 unspecified atom stereocenters. The molecule has 0 aromatic carbocycles. The first-order valence-corrected chi connectivity index (χ1v) is 8.13. The highest BCUT2D eigenvalue weighted by Gasteiger charge is 2.16. The predicted molar refractivity (Wildman–Crippen MR) is 83.0 cm³/mol. The minimum absolute atomic E-state index is 0.0890. The molecule has 1 aliphatic rings. The van der Waals surface area contributed by atoms with Crippen molar-refractivity contribution >= 4 is 28.3 Å². The fraction of sp³-hybridized carbons (Fsp3) is 0.400. The van der Waals surface area contributed by atoms with Crippen LogP contribution in [0.2, 0.25) is 0 Å². The molecule has 7 heteroatoms. The van der Waals surface area contributed by atoms with E-state index >= 15 is 0 Å². The minimum Gasteiger partial charge on any atom is -0.472 e. The molecule has 0 atom stereocenters. The smallest absolute Gasteiger partial charge is 0.254 e. The molecular weight excluding hydrogens is 302 g/mol. The van der Waals surface area contributed by atoms with E-state index in [0.717, 1.165) is 25.0 Å². The van der Waals surface area contributed by atoms with Crippen molar-refractivity contribution in [2.75, 3.05) is 11.9 Å². The van der Waals surface area contributed by atoms with Crippen molar-refractivity contribution < 1.29 is 14.0 Å². The number of nitrogens with zero attached hydrogens (tertiary/aromatic N) is 1. The largest absolute Gasteiger partial charge is 0.472 e. The van der Waals surface area contributed by atoms with Gasteiger partial charge in [-0.05, 0) is 31.7 Å². The van der Waals surface area contributed by atoms with Gasteiger partial charge in [-0.15, -0.1) is 11.3 Å². The summed E-state index contributed by atoms with van der Waals surface area (Å²) < 4.78 is 4.83. The molecular formula is C15H17N3O3S. The molecule has 22 heavy (non-hydrogen) atoms. The lowest BCUT2D eigenvalue weighted by molar-refractivity contribution is -0.115. The van der Waals surface area contributed by atoms with E-state index in [1.54, 1.807) is 6.07 Å². The zero-order chi connectivity index (χ0) is 15.4. The molecule has 2 aromatic heterocycles. The van der Waals surface area contributed by atoms with Crippen molar-refractivity contribution in [1.29, 1.82) is 0 Å². The molecule has 0 radical (unpaired) electrons. The van der Waals surface area contributed by atoms with Crippen molar-refractivity contribution in [2.24, 2.45) is 0 Å². The Balaban J connectivity index is 1.52. The number of fused-ring (bicyclic) bond motifs is 1. The molecule has 2 N–H and O–H groups in total. The van der Waals surface area contributed by atoms with Gasteiger partial charge in [-0.2, -0.15) is 0 Å². The first kappa shape index (κ1) is 14.8. The number of carbonyl (C=O) groups is 2. The molecule has 0 aliphatic heterocycles. The van der Waals surface area contributed by atoms with Crippen LogP contribution < -0.4 is 10.6 Å². The first-order chi connectivity index (χ1) is 10.7. The number of amides is 2. The van der Waals surface area contributed by atoms with Gasteiger partial charge in [0.15, 0.2) is 5.13 Å². The Morgan fingerprint density at radius 3 is 2.95 bits per heavy atom. The minimum atomic E-state index is -0.334. The number of nitrogens with one attached hydrogen (secondary N) is 2. The van der Waals surface area contributed by atoms with Gasteiger partial charge in [0, 0.05) is 4.88 Å². The lowest BCUT2D eigenvalue weighted by Crippen LogP contribution is -2.32. The molecule has 6 nitrogen and oxygen atoms in total. The lowest BCUT2D eigenvalue weighted by Gasteiger charge is -2.03. The second-order valence-corrected chi connectivity index (χ2v) is 6.28. The van der Waals surface area contributed by atoms with E-state index in [9.17, 15) is 9.59 Å². The van der Waals surface area contributed by atoms with Crippen LogP contribution in [0.25, 0.3) is 0 Å². The molecule has 0 saturated heterocycles. The van der Waals surface area contributed by atoms with Gasteiger partial charge in [0.2, 0.25) is 5.91 Å². The second kappa shape index (κ2) is 6.74. The number of aromatic nitrogens is 1. The van der Waals surface area contributed by atoms with Gasteiger partial charge < -0.3 is 15.1 Å². The van der Waals surface area contributed by atoms with Gasteiger partial charge in [-0.25, -0.2) is 4.98 Å². The van der Waals surface area contributed by atoms with Crippen LogP contribution in [0, 0.1) is 0 Å². The number of anilines is 1. The van der Waals surface area contributed by atoms with E-state index in [-0.39, 0.29) is 18.4 Å². The molecule has 0 spiro atoms. The summed E-state index contributed by atoms with van der Waals surface area (Å²) in [6.07, 6.45) is 8.36. The molecule has 3 rings (SSSR count). The van der Waals surface area contributed by atoms with E-state index in [4.69, 9.17) is 4.42 Å². The topological polar surface area (TPSA) is 84.2 Å². The third-order valence-electron chi connectivity index (χ3n) is 3.53. The summed E-state index contributed by atoms with van der Waals surface area (Å²) in [7, 11) is 0. The first-order valence-electron chi connectivity index (χ1n) is 7.31. The average Bonchev–Trinajstić information content (AvgIpc) is 3.11. The van der Waals surface area contributed by atoms with Crippen molar-refractivity contribution in [3.8, 4) is 0 Å². The predicted octanol–water partition coefficient (Wildman–Crippen LogP) is 2.37. The van der Waals surface area contributed by atoms with Crippen LogP contribution in [-0.2, 0) is 17.6 Å². The van der Waals surface area contributed by atoms with Gasteiger partial charge in [-0.1, -0.05) is 6.42 Å². The standard InChI is InChI=1S/C15H17N3O3S/c19-13(8-16-14(20)10-6-7-21-9-10)18-15-17-11-4-2-1-3-5-12(11)22-15/h6-7,9H,1-5,8H2,(H,16,20)(H,17,18,19). The highest BCUT2D eigenvalue weighted by Crippen LogP contribution is 2.28. The van der Waals surface area contributed by atoms with Crippen LogP contribution in [0.5, 0.6) is 0 Å². The van der Waals surface area contributed by atoms with Crippen LogP contribution in [0.3, 0.4) is 0 Å². The summed E-state index contributed by atoms with van der Waals surface area (Å²) in [5, 5.41) is 5.91. The van der Waals surface area contributed by atoms with Crippen LogP contribution >= 0.6 is 11.3 Å². The number of hydrogen-bond acceptors (Lipinski definition) is 5. The van der Waals surface area contributed by atoms with Crippen molar-refractivity contribution in [3.63, 3.8) is 0 Å². The Labute approximate surface area is 131 Å². The van der Waals surface area contributed by atoms with Crippen LogP contribution in [-0.4, -0.2) is 23.3 Å². The maximum absolute atomic E-state index is 11.9. The van der Waals surface area contributed by atoms with E-state index in [0.29, 0.717) is 10.7 Å². The summed E-state index contributed by atoms with van der Waals surface area (Å²) in [4.78, 5) is 29.3. The normalized spacial score (nSPS) is 14.0. The number of aryl methyl sites for hydroxylation is 2. The third-order valence-corrected chi connectivity index (χ3v) is 4.61. The zero-order valence-electron chi connectivity index (χ0n) is 12.1. The summed E-state index contributed by atoms with van der Waals surface area (Å²) in [6, 6.07) is 1.55. The Hall–Kier alpha value is -2.15. The quantitative estimate of drug-likeness (QED) is 0.847. The Morgan fingerprint density at radius 1 is 1.27 bits per heavy atom. The highest BCUT2D eigenvalue weighted by molar-refractivity contribution is 7.15. The Kier molecular flexibility index (Phi) is 4.53. The van der Waals surface area contributed by atoms with Crippen molar-refractivity contribution in [1.82, 2.24) is 10.3 Å². The number of carbonyl (C=O) groups excluding carboxylic acids is 2. The van der Waals surface area contributed by atoms with Crippen LogP contribution in [0.15, 0.2) is 23.0 Å². The number of thiazole rings is 1. The summed E-state index contributed by atoms with van der Waals surface area (Å²) in [5.74, 6) is -0.612. The molecule has 0 saturated carbocycles. The number of furan rings is 1. The van der Waals surface area contributed by atoms with Gasteiger partial charge >= 0.3 is 0 Å². The average molecular weight is 319 g/mol. The van der Waals surface area contributed by atoms with E-state index < -0.39 is 0 Å². The maximum atomic E-state index is 11.9.